The summed E-state index contributed by atoms with van der Waals surface area (Å²) >= 11 is 0. The predicted octanol–water partition coefficient (Wildman–Crippen LogP) is 2.57. The van der Waals surface area contributed by atoms with E-state index in [0.29, 0.717) is 6.61 Å². The molecular formula is C11H25NO. The van der Waals surface area contributed by atoms with E-state index in [0.717, 1.165) is 12.5 Å². The van der Waals surface area contributed by atoms with Crippen LogP contribution in [0.1, 0.15) is 46.5 Å². The van der Waals surface area contributed by atoms with Crippen LogP contribution in [-0.4, -0.2) is 19.3 Å². The van der Waals surface area contributed by atoms with Gasteiger partial charge in [0.15, 0.2) is 0 Å². The molecule has 0 bridgehead atoms. The Morgan fingerprint density at radius 2 is 1.92 bits per heavy atom. The Kier molecular flexibility index (Phi) is 8.46. The highest BCUT2D eigenvalue weighted by Crippen LogP contribution is 2.12. The number of nitrogens with two attached hydrogens (primary N) is 1. The third-order valence-corrected chi connectivity index (χ3v) is 2.28. The third-order valence-electron chi connectivity index (χ3n) is 2.28. The van der Waals surface area contributed by atoms with Gasteiger partial charge in [0.2, 0.25) is 0 Å². The van der Waals surface area contributed by atoms with Gasteiger partial charge in [0.1, 0.15) is 0 Å². The summed E-state index contributed by atoms with van der Waals surface area (Å²) in [4.78, 5) is 0. The van der Waals surface area contributed by atoms with Crippen molar-refractivity contribution in [2.24, 2.45) is 11.7 Å². The molecule has 0 rings (SSSR count). The van der Waals surface area contributed by atoms with Crippen molar-refractivity contribution in [3.63, 3.8) is 0 Å². The number of ether oxygens (including phenoxy) is 1. The lowest BCUT2D eigenvalue weighted by molar-refractivity contribution is 0.0866. The van der Waals surface area contributed by atoms with E-state index in [9.17, 15) is 0 Å². The van der Waals surface area contributed by atoms with E-state index >= 15 is 0 Å². The Hall–Kier alpha value is -0.0800. The van der Waals surface area contributed by atoms with Gasteiger partial charge in [-0.05, 0) is 19.3 Å². The first kappa shape index (κ1) is 12.9. The molecule has 0 spiro atoms. The third kappa shape index (κ3) is 8.26. The SMILES string of the molecule is CCCCC(CC)COC[C@@H](C)N. The molecule has 0 radical (unpaired) electrons. The van der Waals surface area contributed by atoms with E-state index in [4.69, 9.17) is 10.5 Å². The van der Waals surface area contributed by atoms with Crippen molar-refractivity contribution in [1.29, 1.82) is 0 Å². The van der Waals surface area contributed by atoms with Gasteiger partial charge >= 0.3 is 0 Å². The summed E-state index contributed by atoms with van der Waals surface area (Å²) in [7, 11) is 0. The minimum atomic E-state index is 0.170. The van der Waals surface area contributed by atoms with Crippen LogP contribution in [0.15, 0.2) is 0 Å². The minimum Gasteiger partial charge on any atom is -0.380 e. The molecule has 0 fully saturated rings. The normalized spacial score (nSPS) is 15.7. The second kappa shape index (κ2) is 8.52. The van der Waals surface area contributed by atoms with E-state index in [1.54, 1.807) is 0 Å². The average Bonchev–Trinajstić information content (AvgIpc) is 2.10. The second-order valence-electron chi connectivity index (χ2n) is 3.93. The molecule has 0 aromatic heterocycles. The molecule has 0 aromatic carbocycles. The van der Waals surface area contributed by atoms with Gasteiger partial charge in [-0.25, -0.2) is 0 Å². The fraction of sp³-hybridized carbons (Fsp3) is 1.00. The first-order valence-electron chi connectivity index (χ1n) is 5.54. The molecule has 0 saturated heterocycles. The average molecular weight is 187 g/mol. The molecule has 0 aliphatic carbocycles. The maximum atomic E-state index is 5.60. The molecule has 2 heteroatoms. The van der Waals surface area contributed by atoms with E-state index in [1.165, 1.54) is 25.7 Å². The monoisotopic (exact) mass is 187 g/mol. The molecule has 1 unspecified atom stereocenters. The molecule has 0 saturated carbocycles. The number of rotatable bonds is 8. The summed E-state index contributed by atoms with van der Waals surface area (Å²) in [5, 5.41) is 0. The second-order valence-corrected chi connectivity index (χ2v) is 3.93. The maximum absolute atomic E-state index is 5.60. The van der Waals surface area contributed by atoms with Crippen LogP contribution in [0.3, 0.4) is 0 Å². The zero-order valence-electron chi connectivity index (χ0n) is 9.38. The van der Waals surface area contributed by atoms with Crippen LogP contribution < -0.4 is 5.73 Å². The van der Waals surface area contributed by atoms with Crippen molar-refractivity contribution < 1.29 is 4.74 Å². The first-order chi connectivity index (χ1) is 6.20. The van der Waals surface area contributed by atoms with Crippen LogP contribution >= 0.6 is 0 Å². The molecule has 0 amide bonds. The van der Waals surface area contributed by atoms with Crippen molar-refractivity contribution >= 4 is 0 Å². The highest BCUT2D eigenvalue weighted by molar-refractivity contribution is 4.57. The highest BCUT2D eigenvalue weighted by atomic mass is 16.5. The fourth-order valence-corrected chi connectivity index (χ4v) is 1.32. The highest BCUT2D eigenvalue weighted by Gasteiger charge is 2.05. The Balaban J connectivity index is 3.36. The summed E-state index contributed by atoms with van der Waals surface area (Å²) in [5.74, 6) is 0.735. The van der Waals surface area contributed by atoms with Gasteiger partial charge in [0, 0.05) is 12.6 Å². The first-order valence-corrected chi connectivity index (χ1v) is 5.54. The van der Waals surface area contributed by atoms with Crippen LogP contribution in [0.4, 0.5) is 0 Å². The molecule has 0 heterocycles. The van der Waals surface area contributed by atoms with E-state index in [-0.39, 0.29) is 6.04 Å². The molecule has 2 N–H and O–H groups in total. The fourth-order valence-electron chi connectivity index (χ4n) is 1.32. The topological polar surface area (TPSA) is 35.2 Å². The van der Waals surface area contributed by atoms with Gasteiger partial charge in [-0.1, -0.05) is 33.1 Å². The zero-order chi connectivity index (χ0) is 10.1. The van der Waals surface area contributed by atoms with Gasteiger partial charge in [0.05, 0.1) is 6.61 Å². The van der Waals surface area contributed by atoms with Crippen LogP contribution in [0.5, 0.6) is 0 Å². The smallest absolute Gasteiger partial charge is 0.0614 e. The van der Waals surface area contributed by atoms with Gasteiger partial charge in [0.25, 0.3) is 0 Å². The molecular weight excluding hydrogens is 162 g/mol. The zero-order valence-corrected chi connectivity index (χ0v) is 9.38. The lowest BCUT2D eigenvalue weighted by Crippen LogP contribution is -2.23. The van der Waals surface area contributed by atoms with Crippen LogP contribution in [0.2, 0.25) is 0 Å². The largest absolute Gasteiger partial charge is 0.380 e. The lowest BCUT2D eigenvalue weighted by Gasteiger charge is -2.15. The Bertz CT molecular complexity index is 104. The lowest BCUT2D eigenvalue weighted by atomic mass is 10.0. The Labute approximate surface area is 82.8 Å². The molecule has 0 aliphatic rings. The molecule has 0 aromatic rings. The van der Waals surface area contributed by atoms with Crippen LogP contribution in [-0.2, 0) is 4.74 Å². The quantitative estimate of drug-likeness (QED) is 0.634. The molecule has 2 atom stereocenters. The van der Waals surface area contributed by atoms with Crippen molar-refractivity contribution in [3.8, 4) is 0 Å². The van der Waals surface area contributed by atoms with Gasteiger partial charge in [-0.2, -0.15) is 0 Å². The molecule has 2 nitrogen and oxygen atoms in total. The van der Waals surface area contributed by atoms with E-state index in [2.05, 4.69) is 13.8 Å². The van der Waals surface area contributed by atoms with Crippen molar-refractivity contribution in [2.45, 2.75) is 52.5 Å². The molecule has 0 aliphatic heterocycles. The molecule has 13 heavy (non-hydrogen) atoms. The standard InChI is InChI=1S/C11H25NO/c1-4-6-7-11(5-2)9-13-8-10(3)12/h10-11H,4-9,12H2,1-3H3/t10-,11?/m1/s1. The van der Waals surface area contributed by atoms with Gasteiger partial charge in [-0.3, -0.25) is 0 Å². The van der Waals surface area contributed by atoms with E-state index < -0.39 is 0 Å². The maximum Gasteiger partial charge on any atom is 0.0614 e. The summed E-state index contributed by atoms with van der Waals surface area (Å²) in [6.07, 6.45) is 5.12. The van der Waals surface area contributed by atoms with Crippen LogP contribution in [0.25, 0.3) is 0 Å². The summed E-state index contributed by atoms with van der Waals surface area (Å²) in [5.41, 5.74) is 5.60. The van der Waals surface area contributed by atoms with Gasteiger partial charge in [-0.15, -0.1) is 0 Å². The predicted molar refractivity (Wildman–Crippen MR) is 57.8 cm³/mol. The van der Waals surface area contributed by atoms with Gasteiger partial charge < -0.3 is 10.5 Å². The Morgan fingerprint density at radius 3 is 2.38 bits per heavy atom. The number of hydrogen-bond donors (Lipinski definition) is 1. The number of hydrogen-bond acceptors (Lipinski definition) is 2. The van der Waals surface area contributed by atoms with Crippen molar-refractivity contribution in [1.82, 2.24) is 0 Å². The van der Waals surface area contributed by atoms with Crippen molar-refractivity contribution in [3.05, 3.63) is 0 Å². The van der Waals surface area contributed by atoms with E-state index in [1.807, 2.05) is 6.92 Å². The summed E-state index contributed by atoms with van der Waals surface area (Å²) in [6, 6.07) is 0.170. The van der Waals surface area contributed by atoms with Crippen LogP contribution in [0, 0.1) is 5.92 Å². The minimum absolute atomic E-state index is 0.170. The van der Waals surface area contributed by atoms with Crippen molar-refractivity contribution in [2.75, 3.05) is 13.2 Å². The Morgan fingerprint density at radius 1 is 1.23 bits per heavy atom. The summed E-state index contributed by atoms with van der Waals surface area (Å²) < 4.78 is 5.52. The number of unbranched alkanes of at least 4 members (excludes halogenated alkanes) is 1. The molecule has 80 valence electrons. The summed E-state index contributed by atoms with van der Waals surface area (Å²) in [6.45, 7) is 8.03.